The first-order valence-corrected chi connectivity index (χ1v) is 9.22. The van der Waals surface area contributed by atoms with Gasteiger partial charge in [0.1, 0.15) is 0 Å². The van der Waals surface area contributed by atoms with Crippen LogP contribution in [0.15, 0.2) is 59.4 Å². The molecule has 1 heterocycles. The van der Waals surface area contributed by atoms with Crippen LogP contribution in [0.25, 0.3) is 10.9 Å². The maximum absolute atomic E-state index is 12.2. The van der Waals surface area contributed by atoms with Crippen molar-refractivity contribution in [1.82, 2.24) is 9.71 Å². The fourth-order valence-corrected chi connectivity index (χ4v) is 3.63. The highest BCUT2D eigenvalue weighted by molar-refractivity contribution is 7.88. The molecule has 0 aliphatic carbocycles. The van der Waals surface area contributed by atoms with Gasteiger partial charge in [0.25, 0.3) is 5.56 Å². The number of H-pyrrole nitrogens is 1. The van der Waals surface area contributed by atoms with Crippen molar-refractivity contribution in [2.24, 2.45) is 0 Å². The van der Waals surface area contributed by atoms with Gasteiger partial charge >= 0.3 is 0 Å². The lowest BCUT2D eigenvalue weighted by Gasteiger charge is -2.08. The van der Waals surface area contributed by atoms with Crippen LogP contribution in [-0.4, -0.2) is 13.4 Å². The predicted molar refractivity (Wildman–Crippen MR) is 95.2 cm³/mol. The fourth-order valence-electron chi connectivity index (χ4n) is 2.51. The Labute approximate surface area is 140 Å². The number of benzene rings is 2. The molecule has 1 aromatic heterocycles. The van der Waals surface area contributed by atoms with E-state index >= 15 is 0 Å². The zero-order chi connectivity index (χ0) is 17.2. The zero-order valence-electron chi connectivity index (χ0n) is 13.2. The molecule has 2 N–H and O–H groups in total. The molecule has 124 valence electrons. The number of sulfonamides is 1. The van der Waals surface area contributed by atoms with E-state index in [0.29, 0.717) is 5.56 Å². The van der Waals surface area contributed by atoms with Crippen LogP contribution >= 0.6 is 0 Å². The average molecular weight is 342 g/mol. The lowest BCUT2D eigenvalue weighted by atomic mass is 10.1. The Morgan fingerprint density at radius 3 is 2.50 bits per heavy atom. The van der Waals surface area contributed by atoms with Crippen LogP contribution in [0.1, 0.15) is 16.7 Å². The molecule has 5 nitrogen and oxygen atoms in total. The summed E-state index contributed by atoms with van der Waals surface area (Å²) >= 11 is 0. The molecular formula is C18H18N2O3S. The van der Waals surface area contributed by atoms with Crippen molar-refractivity contribution in [2.75, 3.05) is 0 Å². The Morgan fingerprint density at radius 1 is 1.00 bits per heavy atom. The first kappa shape index (κ1) is 16.4. The summed E-state index contributed by atoms with van der Waals surface area (Å²) < 4.78 is 27.0. The second kappa shape index (κ2) is 6.59. The van der Waals surface area contributed by atoms with Gasteiger partial charge in [-0.1, -0.05) is 36.4 Å². The number of aromatic nitrogens is 1. The van der Waals surface area contributed by atoms with Crippen molar-refractivity contribution in [2.45, 2.75) is 19.2 Å². The second-order valence-corrected chi connectivity index (χ2v) is 7.58. The number of aromatic amines is 1. The van der Waals surface area contributed by atoms with Gasteiger partial charge < -0.3 is 4.98 Å². The Bertz CT molecular complexity index is 1030. The second-order valence-electron chi connectivity index (χ2n) is 5.77. The molecule has 0 amide bonds. The van der Waals surface area contributed by atoms with E-state index in [0.717, 1.165) is 22.0 Å². The number of hydrogen-bond donors (Lipinski definition) is 2. The van der Waals surface area contributed by atoms with Crippen LogP contribution in [-0.2, 0) is 22.3 Å². The minimum Gasteiger partial charge on any atom is -0.322 e. The molecule has 3 rings (SSSR count). The summed E-state index contributed by atoms with van der Waals surface area (Å²) in [5.74, 6) is -0.0478. The minimum atomic E-state index is -3.41. The van der Waals surface area contributed by atoms with E-state index in [2.05, 4.69) is 9.71 Å². The van der Waals surface area contributed by atoms with Gasteiger partial charge in [0, 0.05) is 17.6 Å². The summed E-state index contributed by atoms with van der Waals surface area (Å²) in [6, 6.07) is 16.3. The SMILES string of the molecule is Cc1cc2cc(CNS(=O)(=O)Cc3ccccc3)ccc2[nH]c1=O. The van der Waals surface area contributed by atoms with Crippen LogP contribution in [0.4, 0.5) is 0 Å². The maximum Gasteiger partial charge on any atom is 0.251 e. The van der Waals surface area contributed by atoms with Crippen molar-refractivity contribution in [3.8, 4) is 0 Å². The third kappa shape index (κ3) is 3.90. The van der Waals surface area contributed by atoms with Gasteiger partial charge in [-0.2, -0.15) is 0 Å². The molecule has 24 heavy (non-hydrogen) atoms. The quantitative estimate of drug-likeness (QED) is 0.747. The number of pyridine rings is 1. The molecule has 0 unspecified atom stereocenters. The third-order valence-corrected chi connectivity index (χ3v) is 5.09. The lowest BCUT2D eigenvalue weighted by molar-refractivity contribution is 0.580. The van der Waals surface area contributed by atoms with Crippen molar-refractivity contribution in [1.29, 1.82) is 0 Å². The van der Waals surface area contributed by atoms with E-state index in [1.165, 1.54) is 0 Å². The number of aryl methyl sites for hydroxylation is 1. The highest BCUT2D eigenvalue weighted by atomic mass is 32.2. The molecule has 0 fully saturated rings. The van der Waals surface area contributed by atoms with Crippen LogP contribution < -0.4 is 10.3 Å². The molecule has 0 atom stereocenters. The van der Waals surface area contributed by atoms with Gasteiger partial charge in [-0.05, 0) is 41.6 Å². The molecule has 0 radical (unpaired) electrons. The van der Waals surface area contributed by atoms with Crippen molar-refractivity contribution in [3.63, 3.8) is 0 Å². The summed E-state index contributed by atoms with van der Waals surface area (Å²) in [6.45, 7) is 1.96. The monoisotopic (exact) mass is 342 g/mol. The van der Waals surface area contributed by atoms with E-state index < -0.39 is 10.0 Å². The third-order valence-electron chi connectivity index (χ3n) is 3.79. The molecular weight excluding hydrogens is 324 g/mol. The smallest absolute Gasteiger partial charge is 0.251 e. The Morgan fingerprint density at radius 2 is 1.75 bits per heavy atom. The van der Waals surface area contributed by atoms with Gasteiger partial charge in [0.2, 0.25) is 10.0 Å². The molecule has 0 aliphatic heterocycles. The van der Waals surface area contributed by atoms with Gasteiger partial charge in [-0.25, -0.2) is 13.1 Å². The van der Waals surface area contributed by atoms with Crippen LogP contribution in [0, 0.1) is 6.92 Å². The standard InChI is InChI=1S/C18H18N2O3S/c1-13-9-16-10-15(7-8-17(16)20-18(13)21)11-19-24(22,23)12-14-5-3-2-4-6-14/h2-10,19H,11-12H2,1H3,(H,20,21). The van der Waals surface area contributed by atoms with Gasteiger partial charge in [0.15, 0.2) is 0 Å². The number of rotatable bonds is 5. The lowest BCUT2D eigenvalue weighted by Crippen LogP contribution is -2.24. The summed E-state index contributed by atoms with van der Waals surface area (Å²) in [6.07, 6.45) is 0. The first-order chi connectivity index (χ1) is 11.4. The van der Waals surface area contributed by atoms with Gasteiger partial charge in [0.05, 0.1) is 5.75 Å². The molecule has 2 aromatic carbocycles. The largest absolute Gasteiger partial charge is 0.322 e. The summed E-state index contributed by atoms with van der Waals surface area (Å²) in [4.78, 5) is 14.4. The van der Waals surface area contributed by atoms with E-state index in [1.54, 1.807) is 37.3 Å². The van der Waals surface area contributed by atoms with E-state index in [1.807, 2.05) is 24.3 Å². The topological polar surface area (TPSA) is 79.0 Å². The highest BCUT2D eigenvalue weighted by Crippen LogP contribution is 2.14. The Kier molecular flexibility index (Phi) is 4.51. The van der Waals surface area contributed by atoms with Crippen molar-refractivity contribution in [3.05, 3.63) is 81.6 Å². The van der Waals surface area contributed by atoms with E-state index in [-0.39, 0.29) is 17.9 Å². The molecule has 0 aliphatic rings. The summed E-state index contributed by atoms with van der Waals surface area (Å²) in [5.41, 5.74) is 2.84. The fraction of sp³-hybridized carbons (Fsp3) is 0.167. The molecule has 0 spiro atoms. The van der Waals surface area contributed by atoms with Crippen LogP contribution in [0.3, 0.4) is 0 Å². The summed E-state index contributed by atoms with van der Waals surface area (Å²) in [5, 5.41) is 0.881. The predicted octanol–water partition coefficient (Wildman–Crippen LogP) is 2.46. The number of fused-ring (bicyclic) bond motifs is 1. The van der Waals surface area contributed by atoms with Crippen molar-refractivity contribution >= 4 is 20.9 Å². The molecule has 6 heteroatoms. The number of hydrogen-bond acceptors (Lipinski definition) is 3. The Balaban J connectivity index is 1.75. The minimum absolute atomic E-state index is 0.0478. The zero-order valence-corrected chi connectivity index (χ0v) is 14.1. The van der Waals surface area contributed by atoms with E-state index in [4.69, 9.17) is 0 Å². The maximum atomic E-state index is 12.2. The highest BCUT2D eigenvalue weighted by Gasteiger charge is 2.11. The van der Waals surface area contributed by atoms with E-state index in [9.17, 15) is 13.2 Å². The molecule has 0 bridgehead atoms. The van der Waals surface area contributed by atoms with Gasteiger partial charge in [-0.15, -0.1) is 0 Å². The normalized spacial score (nSPS) is 11.7. The average Bonchev–Trinajstić information content (AvgIpc) is 2.55. The number of nitrogens with one attached hydrogen (secondary N) is 2. The molecule has 0 saturated carbocycles. The molecule has 3 aromatic rings. The van der Waals surface area contributed by atoms with Crippen LogP contribution in [0.2, 0.25) is 0 Å². The van der Waals surface area contributed by atoms with Crippen LogP contribution in [0.5, 0.6) is 0 Å². The van der Waals surface area contributed by atoms with Gasteiger partial charge in [-0.3, -0.25) is 4.79 Å². The van der Waals surface area contributed by atoms with Crippen molar-refractivity contribution < 1.29 is 8.42 Å². The first-order valence-electron chi connectivity index (χ1n) is 7.57. The molecule has 0 saturated heterocycles. The Hall–Kier alpha value is -2.44. The summed E-state index contributed by atoms with van der Waals surface area (Å²) in [7, 11) is -3.41.